The van der Waals surface area contributed by atoms with Crippen LogP contribution >= 0.6 is 0 Å². The third-order valence-corrected chi connectivity index (χ3v) is 6.25. The first-order chi connectivity index (χ1) is 16.1. The number of amides is 2. The van der Waals surface area contributed by atoms with Gasteiger partial charge in [0.2, 0.25) is 11.8 Å². The van der Waals surface area contributed by atoms with Crippen LogP contribution < -0.4 is 11.1 Å². The summed E-state index contributed by atoms with van der Waals surface area (Å²) in [4.78, 5) is 54.2. The first-order valence-corrected chi connectivity index (χ1v) is 11.8. The van der Waals surface area contributed by atoms with E-state index in [2.05, 4.69) is 5.32 Å². The number of hydrogen-bond donors (Lipinski definition) is 2. The predicted molar refractivity (Wildman–Crippen MR) is 129 cm³/mol. The maximum Gasteiger partial charge on any atom is 0.306 e. The zero-order valence-corrected chi connectivity index (χ0v) is 20.7. The van der Waals surface area contributed by atoms with Crippen LogP contribution in [0.2, 0.25) is 0 Å². The SMILES string of the molecule is CC(=O)N1CCCC1C(=O)N(C)C(CCC(=O)OCc1ccccc1)C(=O)C(C)(C)NCCN. The van der Waals surface area contributed by atoms with Gasteiger partial charge in [-0.25, -0.2) is 0 Å². The van der Waals surface area contributed by atoms with Gasteiger partial charge in [0.15, 0.2) is 5.78 Å². The van der Waals surface area contributed by atoms with Gasteiger partial charge in [-0.05, 0) is 38.7 Å². The Bertz CT molecular complexity index is 858. The van der Waals surface area contributed by atoms with E-state index in [-0.39, 0.29) is 37.0 Å². The van der Waals surface area contributed by atoms with Gasteiger partial charge < -0.3 is 25.6 Å². The first-order valence-electron chi connectivity index (χ1n) is 11.8. The minimum absolute atomic E-state index is 0.0189. The molecular formula is C25H38N4O5. The number of carbonyl (C=O) groups is 4. The van der Waals surface area contributed by atoms with Crippen molar-refractivity contribution in [2.75, 3.05) is 26.7 Å². The minimum atomic E-state index is -0.956. The molecule has 9 heteroatoms. The van der Waals surface area contributed by atoms with Gasteiger partial charge in [-0.2, -0.15) is 0 Å². The number of hydrogen-bond acceptors (Lipinski definition) is 7. The Morgan fingerprint density at radius 3 is 2.53 bits per heavy atom. The van der Waals surface area contributed by atoms with Crippen molar-refractivity contribution in [3.63, 3.8) is 0 Å². The molecule has 2 rings (SSSR count). The Morgan fingerprint density at radius 1 is 1.24 bits per heavy atom. The average molecular weight is 475 g/mol. The summed E-state index contributed by atoms with van der Waals surface area (Å²) in [5.41, 5.74) is 5.50. The highest BCUT2D eigenvalue weighted by Gasteiger charge is 2.41. The Morgan fingerprint density at radius 2 is 1.91 bits per heavy atom. The van der Waals surface area contributed by atoms with Crippen molar-refractivity contribution in [2.45, 2.75) is 70.7 Å². The lowest BCUT2D eigenvalue weighted by Crippen LogP contribution is -2.59. The fourth-order valence-corrected chi connectivity index (χ4v) is 4.24. The lowest BCUT2D eigenvalue weighted by Gasteiger charge is -2.36. The number of nitrogens with one attached hydrogen (secondary N) is 1. The third kappa shape index (κ3) is 7.36. The van der Waals surface area contributed by atoms with Gasteiger partial charge in [-0.15, -0.1) is 0 Å². The molecule has 0 aliphatic carbocycles. The van der Waals surface area contributed by atoms with Crippen LogP contribution in [0.5, 0.6) is 0 Å². The fourth-order valence-electron chi connectivity index (χ4n) is 4.24. The van der Waals surface area contributed by atoms with E-state index in [1.165, 1.54) is 11.8 Å². The van der Waals surface area contributed by atoms with Crippen molar-refractivity contribution in [3.05, 3.63) is 35.9 Å². The molecule has 1 aliphatic rings. The van der Waals surface area contributed by atoms with Gasteiger partial charge >= 0.3 is 5.97 Å². The van der Waals surface area contributed by atoms with Gasteiger partial charge in [-0.1, -0.05) is 30.3 Å². The Hall–Kier alpha value is -2.78. The normalized spacial score (nSPS) is 16.7. The lowest BCUT2D eigenvalue weighted by molar-refractivity contribution is -0.149. The predicted octanol–water partition coefficient (Wildman–Crippen LogP) is 1.24. The summed E-state index contributed by atoms with van der Waals surface area (Å²) in [7, 11) is 1.57. The molecule has 0 radical (unpaired) electrons. The molecule has 2 atom stereocenters. The summed E-state index contributed by atoms with van der Waals surface area (Å²) in [6, 6.07) is 7.88. The third-order valence-electron chi connectivity index (χ3n) is 6.25. The molecule has 0 bridgehead atoms. The average Bonchev–Trinajstić information content (AvgIpc) is 3.32. The Kier molecular flexibility index (Phi) is 10.2. The summed E-state index contributed by atoms with van der Waals surface area (Å²) in [6.45, 7) is 6.38. The molecule has 1 heterocycles. The quantitative estimate of drug-likeness (QED) is 0.437. The highest BCUT2D eigenvalue weighted by molar-refractivity contribution is 5.97. The van der Waals surface area contributed by atoms with Gasteiger partial charge in [-0.3, -0.25) is 19.2 Å². The summed E-state index contributed by atoms with van der Waals surface area (Å²) in [5.74, 6) is -1.12. The van der Waals surface area contributed by atoms with Crippen LogP contribution in [0.25, 0.3) is 0 Å². The van der Waals surface area contributed by atoms with Crippen LogP contribution in [-0.4, -0.2) is 77.7 Å². The van der Waals surface area contributed by atoms with Gasteiger partial charge in [0.05, 0.1) is 11.6 Å². The van der Waals surface area contributed by atoms with Crippen molar-refractivity contribution >= 4 is 23.6 Å². The molecule has 0 saturated carbocycles. The Balaban J connectivity index is 2.13. The zero-order chi connectivity index (χ0) is 25.3. The van der Waals surface area contributed by atoms with E-state index in [1.807, 2.05) is 30.3 Å². The molecule has 1 aromatic carbocycles. The summed E-state index contributed by atoms with van der Waals surface area (Å²) < 4.78 is 5.36. The zero-order valence-electron chi connectivity index (χ0n) is 20.7. The second-order valence-corrected chi connectivity index (χ2v) is 9.23. The fraction of sp³-hybridized carbons (Fsp3) is 0.600. The number of nitrogens with zero attached hydrogens (tertiary/aromatic N) is 2. The van der Waals surface area contributed by atoms with E-state index in [1.54, 1.807) is 25.8 Å². The number of benzene rings is 1. The molecule has 3 N–H and O–H groups in total. The monoisotopic (exact) mass is 474 g/mol. The van der Waals surface area contributed by atoms with Crippen LogP contribution in [0.1, 0.15) is 52.0 Å². The second kappa shape index (κ2) is 12.6. The molecule has 9 nitrogen and oxygen atoms in total. The summed E-state index contributed by atoms with van der Waals surface area (Å²) in [6.07, 6.45) is 1.39. The Labute approximate surface area is 202 Å². The highest BCUT2D eigenvalue weighted by Crippen LogP contribution is 2.23. The maximum atomic E-state index is 13.5. The number of esters is 1. The first kappa shape index (κ1) is 27.5. The van der Waals surface area contributed by atoms with Crippen molar-refractivity contribution in [3.8, 4) is 0 Å². The molecule has 0 aromatic heterocycles. The standard InChI is InChI=1S/C25H38N4O5/c1-18(30)29-16-8-11-21(29)24(33)28(4)20(23(32)25(2,3)27-15-14-26)12-13-22(31)34-17-19-9-6-5-7-10-19/h5-7,9-10,20-21,27H,8,11-17,26H2,1-4H3. The van der Waals surface area contributed by atoms with E-state index in [9.17, 15) is 19.2 Å². The van der Waals surface area contributed by atoms with Crippen molar-refractivity contribution in [1.82, 2.24) is 15.1 Å². The highest BCUT2D eigenvalue weighted by atomic mass is 16.5. The molecule has 1 saturated heterocycles. The topological polar surface area (TPSA) is 122 Å². The molecule has 188 valence electrons. The van der Waals surface area contributed by atoms with Crippen molar-refractivity contribution < 1.29 is 23.9 Å². The number of rotatable bonds is 12. The molecular weight excluding hydrogens is 436 g/mol. The lowest BCUT2D eigenvalue weighted by atomic mass is 9.89. The van der Waals surface area contributed by atoms with E-state index in [0.29, 0.717) is 26.1 Å². The number of carbonyl (C=O) groups excluding carboxylic acids is 4. The van der Waals surface area contributed by atoms with E-state index >= 15 is 0 Å². The largest absolute Gasteiger partial charge is 0.461 e. The smallest absolute Gasteiger partial charge is 0.306 e. The number of likely N-dealkylation sites (N-methyl/N-ethyl adjacent to an activating group) is 1. The van der Waals surface area contributed by atoms with E-state index in [0.717, 1.165) is 12.0 Å². The van der Waals surface area contributed by atoms with Crippen LogP contribution in [0.4, 0.5) is 0 Å². The van der Waals surface area contributed by atoms with E-state index in [4.69, 9.17) is 10.5 Å². The van der Waals surface area contributed by atoms with E-state index < -0.39 is 23.6 Å². The molecule has 2 unspecified atom stereocenters. The molecule has 2 amide bonds. The van der Waals surface area contributed by atoms with Crippen molar-refractivity contribution in [2.24, 2.45) is 5.73 Å². The number of Topliss-reactive ketones (excluding diaryl/α,β-unsaturated/α-hetero) is 1. The van der Waals surface area contributed by atoms with Gasteiger partial charge in [0.1, 0.15) is 12.6 Å². The van der Waals surface area contributed by atoms with Crippen LogP contribution in [0.3, 0.4) is 0 Å². The molecule has 1 fully saturated rings. The molecule has 1 aliphatic heterocycles. The van der Waals surface area contributed by atoms with Crippen LogP contribution in [0, 0.1) is 0 Å². The van der Waals surface area contributed by atoms with Crippen LogP contribution in [0.15, 0.2) is 30.3 Å². The number of ketones is 1. The van der Waals surface area contributed by atoms with Gasteiger partial charge in [0, 0.05) is 40.0 Å². The van der Waals surface area contributed by atoms with Crippen molar-refractivity contribution in [1.29, 1.82) is 0 Å². The minimum Gasteiger partial charge on any atom is -0.461 e. The summed E-state index contributed by atoms with van der Waals surface area (Å²) >= 11 is 0. The maximum absolute atomic E-state index is 13.5. The second-order valence-electron chi connectivity index (χ2n) is 9.23. The molecule has 0 spiro atoms. The number of nitrogens with two attached hydrogens (primary N) is 1. The molecule has 1 aromatic rings. The van der Waals surface area contributed by atoms with Gasteiger partial charge in [0.25, 0.3) is 0 Å². The number of ether oxygens (including phenoxy) is 1. The molecule has 34 heavy (non-hydrogen) atoms. The summed E-state index contributed by atoms with van der Waals surface area (Å²) in [5, 5.41) is 3.12. The number of likely N-dealkylation sites (tertiary alicyclic amines) is 1. The van der Waals surface area contributed by atoms with Crippen LogP contribution in [-0.2, 0) is 30.5 Å².